The number of fused-ring (bicyclic) bond motifs is 4. The molecule has 0 unspecified atom stereocenters. The first kappa shape index (κ1) is 17.6. The summed E-state index contributed by atoms with van der Waals surface area (Å²) in [6.07, 6.45) is 3.73. The molecule has 1 saturated heterocycles. The van der Waals surface area contributed by atoms with Crippen LogP contribution in [0.15, 0.2) is 40.0 Å². The molecular formula is C20H20N6O3. The summed E-state index contributed by atoms with van der Waals surface area (Å²) in [5, 5.41) is 0. The van der Waals surface area contributed by atoms with Gasteiger partial charge in [-0.25, -0.2) is 15.0 Å². The van der Waals surface area contributed by atoms with Gasteiger partial charge in [0.2, 0.25) is 0 Å². The maximum atomic E-state index is 12.9. The minimum Gasteiger partial charge on any atom is -0.448 e. The number of anilines is 1. The topological polar surface area (TPSA) is 120 Å². The maximum Gasteiger partial charge on any atom is 0.275 e. The van der Waals surface area contributed by atoms with Gasteiger partial charge < -0.3 is 19.6 Å². The minimum absolute atomic E-state index is 0.0590. The van der Waals surface area contributed by atoms with Crippen molar-refractivity contribution >= 4 is 11.7 Å². The predicted molar refractivity (Wildman–Crippen MR) is 104 cm³/mol. The van der Waals surface area contributed by atoms with Gasteiger partial charge in [-0.2, -0.15) is 0 Å². The Labute approximate surface area is 166 Å². The average Bonchev–Trinajstić information content (AvgIpc) is 3.14. The molecule has 0 radical (unpaired) electrons. The van der Waals surface area contributed by atoms with Crippen LogP contribution < -0.4 is 11.3 Å². The van der Waals surface area contributed by atoms with E-state index in [9.17, 15) is 9.59 Å². The van der Waals surface area contributed by atoms with Gasteiger partial charge in [-0.05, 0) is 18.4 Å². The molecule has 3 aromatic heterocycles. The number of aryl methyl sites for hydroxylation is 1. The van der Waals surface area contributed by atoms with Crippen molar-refractivity contribution in [1.29, 1.82) is 0 Å². The first-order chi connectivity index (χ1) is 14.0. The van der Waals surface area contributed by atoms with Crippen molar-refractivity contribution in [3.05, 3.63) is 58.4 Å². The highest BCUT2D eigenvalue weighted by Gasteiger charge is 2.37. The Hall–Kier alpha value is -3.49. The number of pyridine rings is 1. The zero-order valence-corrected chi connectivity index (χ0v) is 15.9. The van der Waals surface area contributed by atoms with E-state index in [0.717, 1.165) is 12.1 Å². The summed E-state index contributed by atoms with van der Waals surface area (Å²) in [6.45, 7) is 3.46. The van der Waals surface area contributed by atoms with Gasteiger partial charge >= 0.3 is 0 Å². The van der Waals surface area contributed by atoms with E-state index < -0.39 is 0 Å². The Morgan fingerprint density at radius 1 is 1.21 bits per heavy atom. The number of nitrogen functional groups attached to an aromatic ring is 1. The van der Waals surface area contributed by atoms with Crippen LogP contribution in [0.25, 0.3) is 11.3 Å². The standard InChI is InChI=1S/C20H20N6O3/c1-11-24-16(9-29-11)20(28)25-6-12-2-14(8-25)17-3-13(4-19(27)26(17)7-12)15-5-18(21)23-10-22-15/h3-5,9-10,12,14H,2,6-8H2,1H3,(H2,21,22,23)/t12-,14+/m0/s1. The molecule has 2 bridgehead atoms. The van der Waals surface area contributed by atoms with Crippen LogP contribution in [0, 0.1) is 12.8 Å². The van der Waals surface area contributed by atoms with Gasteiger partial charge in [0.15, 0.2) is 11.6 Å². The number of piperidine rings is 1. The monoisotopic (exact) mass is 392 g/mol. The van der Waals surface area contributed by atoms with Crippen molar-refractivity contribution < 1.29 is 9.21 Å². The maximum absolute atomic E-state index is 12.9. The number of carbonyl (C=O) groups excluding carboxylic acids is 1. The average molecular weight is 392 g/mol. The summed E-state index contributed by atoms with van der Waals surface area (Å²) < 4.78 is 7.02. The molecule has 3 aromatic rings. The van der Waals surface area contributed by atoms with Gasteiger partial charge in [-0.3, -0.25) is 9.59 Å². The fourth-order valence-corrected chi connectivity index (χ4v) is 4.43. The molecule has 2 aliphatic rings. The Morgan fingerprint density at radius 2 is 2.07 bits per heavy atom. The molecule has 0 saturated carbocycles. The fraction of sp³-hybridized carbons (Fsp3) is 0.350. The fourth-order valence-electron chi connectivity index (χ4n) is 4.43. The van der Waals surface area contributed by atoms with E-state index in [4.69, 9.17) is 10.2 Å². The van der Waals surface area contributed by atoms with Gasteiger partial charge in [0.05, 0.1) is 5.69 Å². The zero-order valence-electron chi connectivity index (χ0n) is 15.9. The largest absolute Gasteiger partial charge is 0.448 e. The molecule has 9 heteroatoms. The second-order valence-corrected chi connectivity index (χ2v) is 7.71. The lowest BCUT2D eigenvalue weighted by atomic mass is 9.82. The summed E-state index contributed by atoms with van der Waals surface area (Å²) in [4.78, 5) is 39.8. The van der Waals surface area contributed by atoms with Crippen molar-refractivity contribution in [1.82, 2.24) is 24.4 Å². The molecule has 1 amide bonds. The van der Waals surface area contributed by atoms with Gasteiger partial charge in [0.1, 0.15) is 18.4 Å². The third kappa shape index (κ3) is 3.08. The molecule has 9 nitrogen and oxygen atoms in total. The molecule has 29 heavy (non-hydrogen) atoms. The number of hydrogen-bond acceptors (Lipinski definition) is 7. The Bertz CT molecular complexity index is 1170. The molecule has 5 rings (SSSR count). The molecule has 148 valence electrons. The van der Waals surface area contributed by atoms with Crippen molar-refractivity contribution in [3.63, 3.8) is 0 Å². The SMILES string of the molecule is Cc1nc(C(=O)N2C[C@@H]3C[C@H](C2)c2cc(-c4cc(N)ncn4)cc(=O)n2C3)co1. The summed E-state index contributed by atoms with van der Waals surface area (Å²) in [6, 6.07) is 5.23. The summed E-state index contributed by atoms with van der Waals surface area (Å²) in [7, 11) is 0. The number of hydrogen-bond donors (Lipinski definition) is 1. The van der Waals surface area contributed by atoms with Crippen LogP contribution in [0.1, 0.15) is 34.4 Å². The molecule has 2 N–H and O–H groups in total. The number of carbonyl (C=O) groups is 1. The predicted octanol–water partition coefficient (Wildman–Crippen LogP) is 1.44. The molecular weight excluding hydrogens is 372 g/mol. The minimum atomic E-state index is -0.132. The number of amides is 1. The highest BCUT2D eigenvalue weighted by atomic mass is 16.3. The van der Waals surface area contributed by atoms with Crippen LogP contribution in [0.5, 0.6) is 0 Å². The third-order valence-corrected chi connectivity index (χ3v) is 5.67. The van der Waals surface area contributed by atoms with E-state index in [0.29, 0.717) is 48.3 Å². The van der Waals surface area contributed by atoms with Gasteiger partial charge in [0.25, 0.3) is 11.5 Å². The van der Waals surface area contributed by atoms with Crippen molar-refractivity contribution in [2.75, 3.05) is 18.8 Å². The number of oxazole rings is 1. The van der Waals surface area contributed by atoms with Crippen LogP contribution in [0.2, 0.25) is 0 Å². The van der Waals surface area contributed by atoms with E-state index in [1.165, 1.54) is 12.6 Å². The van der Waals surface area contributed by atoms with Crippen LogP contribution in [0.4, 0.5) is 5.82 Å². The Morgan fingerprint density at radius 3 is 2.83 bits per heavy atom. The second-order valence-electron chi connectivity index (χ2n) is 7.71. The van der Waals surface area contributed by atoms with Crippen molar-refractivity contribution in [3.8, 4) is 11.3 Å². The number of aromatic nitrogens is 4. The van der Waals surface area contributed by atoms with Gasteiger partial charge in [-0.15, -0.1) is 0 Å². The first-order valence-corrected chi connectivity index (χ1v) is 9.52. The first-order valence-electron chi connectivity index (χ1n) is 9.52. The van der Waals surface area contributed by atoms with Crippen LogP contribution in [-0.2, 0) is 6.54 Å². The zero-order chi connectivity index (χ0) is 20.1. The van der Waals surface area contributed by atoms with E-state index in [1.807, 2.05) is 15.5 Å². The number of nitrogens with two attached hydrogens (primary N) is 1. The quantitative estimate of drug-likeness (QED) is 0.700. The molecule has 2 aliphatic heterocycles. The van der Waals surface area contributed by atoms with E-state index in [1.54, 1.807) is 19.1 Å². The smallest absolute Gasteiger partial charge is 0.275 e. The highest BCUT2D eigenvalue weighted by Crippen LogP contribution is 2.36. The Kier molecular flexibility index (Phi) is 3.97. The second kappa shape index (κ2) is 6.54. The highest BCUT2D eigenvalue weighted by molar-refractivity contribution is 5.92. The van der Waals surface area contributed by atoms with Gasteiger partial charge in [-0.1, -0.05) is 0 Å². The van der Waals surface area contributed by atoms with E-state index >= 15 is 0 Å². The van der Waals surface area contributed by atoms with Crippen LogP contribution >= 0.6 is 0 Å². The normalized spacial score (nSPS) is 20.4. The number of rotatable bonds is 2. The summed E-state index contributed by atoms with van der Waals surface area (Å²) in [5.41, 5.74) is 8.29. The number of likely N-dealkylation sites (tertiary alicyclic amines) is 1. The summed E-state index contributed by atoms with van der Waals surface area (Å²) in [5.74, 6) is 0.997. The van der Waals surface area contributed by atoms with Gasteiger partial charge in [0, 0.05) is 55.9 Å². The molecule has 2 atom stereocenters. The van der Waals surface area contributed by atoms with Crippen molar-refractivity contribution in [2.45, 2.75) is 25.8 Å². The van der Waals surface area contributed by atoms with E-state index in [2.05, 4.69) is 15.0 Å². The molecule has 5 heterocycles. The lowest BCUT2D eigenvalue weighted by Gasteiger charge is -2.42. The van der Waals surface area contributed by atoms with Crippen LogP contribution in [-0.4, -0.2) is 43.4 Å². The number of nitrogens with zero attached hydrogens (tertiary/aromatic N) is 5. The lowest BCUT2D eigenvalue weighted by Crippen LogP contribution is -2.49. The Balaban J connectivity index is 1.50. The molecule has 0 aliphatic carbocycles. The third-order valence-electron chi connectivity index (χ3n) is 5.67. The lowest BCUT2D eigenvalue weighted by molar-refractivity contribution is 0.0589. The molecule has 0 spiro atoms. The van der Waals surface area contributed by atoms with E-state index in [-0.39, 0.29) is 23.3 Å². The molecule has 1 fully saturated rings. The molecule has 0 aromatic carbocycles. The van der Waals surface area contributed by atoms with Crippen molar-refractivity contribution in [2.24, 2.45) is 5.92 Å². The van der Waals surface area contributed by atoms with Crippen LogP contribution in [0.3, 0.4) is 0 Å². The summed E-state index contributed by atoms with van der Waals surface area (Å²) >= 11 is 0.